The highest BCUT2D eigenvalue weighted by Gasteiger charge is 2.26. The van der Waals surface area contributed by atoms with Crippen molar-refractivity contribution in [3.8, 4) is 11.5 Å². The van der Waals surface area contributed by atoms with Crippen molar-refractivity contribution < 1.29 is 23.9 Å². The molecule has 30 heavy (non-hydrogen) atoms. The summed E-state index contributed by atoms with van der Waals surface area (Å²) in [6.07, 6.45) is 3.14. The van der Waals surface area contributed by atoms with Crippen LogP contribution in [-0.4, -0.2) is 30.5 Å². The van der Waals surface area contributed by atoms with E-state index in [1.807, 2.05) is 0 Å². The van der Waals surface area contributed by atoms with Crippen LogP contribution >= 0.6 is 15.9 Å². The van der Waals surface area contributed by atoms with Gasteiger partial charge in [0.05, 0.1) is 16.5 Å². The van der Waals surface area contributed by atoms with Gasteiger partial charge in [-0.15, -0.1) is 0 Å². The van der Waals surface area contributed by atoms with Crippen molar-refractivity contribution in [1.82, 2.24) is 0 Å². The van der Waals surface area contributed by atoms with Gasteiger partial charge in [0.1, 0.15) is 6.61 Å². The van der Waals surface area contributed by atoms with E-state index in [0.717, 1.165) is 0 Å². The number of rotatable bonds is 7. The number of aryl methyl sites for hydroxylation is 1. The lowest BCUT2D eigenvalue weighted by Crippen LogP contribution is -2.06. The van der Waals surface area contributed by atoms with Crippen molar-refractivity contribution in [3.05, 3.63) is 80.0 Å². The molecule has 1 aliphatic rings. The summed E-state index contributed by atoms with van der Waals surface area (Å²) >= 11 is 3.43. The molecule has 0 aliphatic carbocycles. The molecule has 0 radical (unpaired) electrons. The van der Waals surface area contributed by atoms with E-state index >= 15 is 0 Å². The number of nitro groups is 1. The zero-order valence-corrected chi connectivity index (χ0v) is 17.8. The van der Waals surface area contributed by atoms with Crippen molar-refractivity contribution in [1.29, 1.82) is 0 Å². The molecule has 3 rings (SSSR count). The third-order valence-electron chi connectivity index (χ3n) is 4.17. The molecular weight excluding hydrogens is 456 g/mol. The number of aliphatic imine (C=N–C) groups is 1. The average molecular weight is 473 g/mol. The number of carbonyl (C=O) groups is 1. The predicted octanol–water partition coefficient (Wildman–Crippen LogP) is 4.58. The number of hydrogen-bond donors (Lipinski definition) is 0. The van der Waals surface area contributed by atoms with Crippen LogP contribution in [0.1, 0.15) is 16.7 Å². The first-order valence-electron chi connectivity index (χ1n) is 8.73. The smallest absolute Gasteiger partial charge is 0.363 e. The third-order valence-corrected chi connectivity index (χ3v) is 4.76. The molecule has 0 bridgehead atoms. The molecule has 0 fully saturated rings. The molecule has 2 aromatic carbocycles. The first-order valence-corrected chi connectivity index (χ1v) is 9.52. The molecule has 8 nitrogen and oxygen atoms in total. The van der Waals surface area contributed by atoms with Crippen molar-refractivity contribution in [2.24, 2.45) is 4.99 Å². The summed E-state index contributed by atoms with van der Waals surface area (Å²) in [5, 5.41) is 11.2. The Labute approximate surface area is 180 Å². The minimum Gasteiger partial charge on any atom is -0.493 e. The Kier molecular flexibility index (Phi) is 6.31. The molecule has 0 spiro atoms. The SMILES string of the molecule is C=CCOc1c(Br)cc(/C=C2\N=C(c3ccc(C)c([N+](=O)[O-])c3)OC2=O)cc1OC. The number of methoxy groups -OCH3 is 1. The number of nitro benzene ring substituents is 1. The van der Waals surface area contributed by atoms with Crippen LogP contribution in [0, 0.1) is 17.0 Å². The van der Waals surface area contributed by atoms with E-state index in [1.54, 1.807) is 37.3 Å². The highest BCUT2D eigenvalue weighted by atomic mass is 79.9. The number of halogens is 1. The molecule has 0 saturated carbocycles. The zero-order valence-electron chi connectivity index (χ0n) is 16.2. The van der Waals surface area contributed by atoms with Gasteiger partial charge >= 0.3 is 5.97 Å². The molecule has 0 saturated heterocycles. The van der Waals surface area contributed by atoms with Crippen LogP contribution in [-0.2, 0) is 9.53 Å². The first-order chi connectivity index (χ1) is 14.3. The molecule has 1 heterocycles. The topological polar surface area (TPSA) is 100 Å². The van der Waals surface area contributed by atoms with Gasteiger partial charge in [-0.1, -0.05) is 18.7 Å². The van der Waals surface area contributed by atoms with Gasteiger partial charge in [-0.3, -0.25) is 10.1 Å². The van der Waals surface area contributed by atoms with Gasteiger partial charge in [0.25, 0.3) is 5.69 Å². The summed E-state index contributed by atoms with van der Waals surface area (Å²) < 4.78 is 16.8. The Morgan fingerprint density at radius 2 is 2.10 bits per heavy atom. The van der Waals surface area contributed by atoms with Crippen molar-refractivity contribution in [2.45, 2.75) is 6.92 Å². The van der Waals surface area contributed by atoms with E-state index in [4.69, 9.17) is 14.2 Å². The average Bonchev–Trinajstić information content (AvgIpc) is 3.07. The van der Waals surface area contributed by atoms with E-state index in [-0.39, 0.29) is 17.3 Å². The molecule has 0 amide bonds. The number of cyclic esters (lactones) is 1. The van der Waals surface area contributed by atoms with Gasteiger partial charge in [-0.25, -0.2) is 9.79 Å². The number of nitrogens with zero attached hydrogens (tertiary/aromatic N) is 2. The van der Waals surface area contributed by atoms with Crippen LogP contribution in [0.15, 0.2) is 58.1 Å². The summed E-state index contributed by atoms with van der Waals surface area (Å²) in [5.74, 6) is 0.314. The van der Waals surface area contributed by atoms with Gasteiger partial charge in [0, 0.05) is 17.2 Å². The predicted molar refractivity (Wildman–Crippen MR) is 115 cm³/mol. The fourth-order valence-electron chi connectivity index (χ4n) is 2.74. The molecule has 2 aromatic rings. The lowest BCUT2D eigenvalue weighted by Gasteiger charge is -2.12. The Bertz CT molecular complexity index is 1110. The number of ether oxygens (including phenoxy) is 3. The molecule has 0 aromatic heterocycles. The van der Waals surface area contributed by atoms with Crippen molar-refractivity contribution in [2.75, 3.05) is 13.7 Å². The maximum Gasteiger partial charge on any atom is 0.363 e. The summed E-state index contributed by atoms with van der Waals surface area (Å²) in [6.45, 7) is 5.55. The zero-order chi connectivity index (χ0) is 21.8. The van der Waals surface area contributed by atoms with Gasteiger partial charge in [0.2, 0.25) is 5.90 Å². The highest BCUT2D eigenvalue weighted by molar-refractivity contribution is 9.10. The highest BCUT2D eigenvalue weighted by Crippen LogP contribution is 2.37. The van der Waals surface area contributed by atoms with Gasteiger partial charge in [-0.2, -0.15) is 0 Å². The Morgan fingerprint density at radius 1 is 1.33 bits per heavy atom. The van der Waals surface area contributed by atoms with Crippen LogP contribution in [0.2, 0.25) is 0 Å². The van der Waals surface area contributed by atoms with E-state index < -0.39 is 10.9 Å². The van der Waals surface area contributed by atoms with E-state index in [1.165, 1.54) is 19.3 Å². The lowest BCUT2D eigenvalue weighted by atomic mass is 10.1. The molecule has 0 N–H and O–H groups in total. The molecule has 0 unspecified atom stereocenters. The third kappa shape index (κ3) is 4.41. The second-order valence-electron chi connectivity index (χ2n) is 6.23. The van der Waals surface area contributed by atoms with Crippen LogP contribution in [0.25, 0.3) is 6.08 Å². The molecule has 154 valence electrons. The first kappa shape index (κ1) is 21.3. The van der Waals surface area contributed by atoms with Crippen LogP contribution in [0.4, 0.5) is 5.69 Å². The summed E-state index contributed by atoms with van der Waals surface area (Å²) in [6, 6.07) is 7.95. The maximum absolute atomic E-state index is 12.3. The Hall–Kier alpha value is -3.46. The van der Waals surface area contributed by atoms with Crippen molar-refractivity contribution in [3.63, 3.8) is 0 Å². The number of carbonyl (C=O) groups excluding carboxylic acids is 1. The minimum atomic E-state index is -0.657. The van der Waals surface area contributed by atoms with Gasteiger partial charge < -0.3 is 14.2 Å². The monoisotopic (exact) mass is 472 g/mol. The lowest BCUT2D eigenvalue weighted by molar-refractivity contribution is -0.385. The quantitative estimate of drug-likeness (QED) is 0.192. The normalized spacial score (nSPS) is 14.3. The maximum atomic E-state index is 12.3. The summed E-state index contributed by atoms with van der Waals surface area (Å²) in [4.78, 5) is 27.1. The van der Waals surface area contributed by atoms with Gasteiger partial charge in [-0.05, 0) is 52.7 Å². The number of esters is 1. The molecule has 0 atom stereocenters. The van der Waals surface area contributed by atoms with Gasteiger partial charge in [0.15, 0.2) is 17.2 Å². The number of hydrogen-bond acceptors (Lipinski definition) is 7. The second kappa shape index (κ2) is 8.91. The fraction of sp³-hybridized carbons (Fsp3) is 0.143. The van der Waals surface area contributed by atoms with Crippen molar-refractivity contribution >= 4 is 39.6 Å². The van der Waals surface area contributed by atoms with Crippen LogP contribution in [0.5, 0.6) is 11.5 Å². The van der Waals surface area contributed by atoms with E-state index in [2.05, 4.69) is 27.5 Å². The second-order valence-corrected chi connectivity index (χ2v) is 7.08. The van der Waals surface area contributed by atoms with Crippen LogP contribution < -0.4 is 9.47 Å². The molecular formula is C21H17BrN2O6. The standard InChI is InChI=1S/C21H17BrN2O6/c1-4-7-29-19-15(22)8-13(10-18(19)28-3)9-16-21(25)30-20(23-16)14-6-5-12(2)17(11-14)24(26)27/h4-6,8-11H,1,7H2,2-3H3/b16-9-. The minimum absolute atomic E-state index is 0.00585. The van der Waals surface area contributed by atoms with E-state index in [9.17, 15) is 14.9 Å². The Balaban J connectivity index is 1.96. The fourth-order valence-corrected chi connectivity index (χ4v) is 3.31. The number of benzene rings is 2. The van der Waals surface area contributed by atoms with Crippen LogP contribution in [0.3, 0.4) is 0 Å². The summed E-state index contributed by atoms with van der Waals surface area (Å²) in [5.41, 5.74) is 1.45. The molecule has 9 heteroatoms. The largest absolute Gasteiger partial charge is 0.493 e. The Morgan fingerprint density at radius 3 is 2.77 bits per heavy atom. The van der Waals surface area contributed by atoms with E-state index in [0.29, 0.717) is 39.3 Å². The summed E-state index contributed by atoms with van der Waals surface area (Å²) in [7, 11) is 1.50. The molecule has 1 aliphatic heterocycles.